The molecule has 0 atom stereocenters. The van der Waals surface area contributed by atoms with E-state index in [9.17, 15) is 0 Å². The normalized spacial score (nSPS) is 12.9. The smallest absolute Gasteiger partial charge is 0.0201 e. The van der Waals surface area contributed by atoms with Crippen LogP contribution in [0.25, 0.3) is 0 Å². The van der Waals surface area contributed by atoms with Crippen molar-refractivity contribution in [1.82, 2.24) is 5.32 Å². The van der Waals surface area contributed by atoms with Gasteiger partial charge in [-0.25, -0.2) is 0 Å². The Labute approximate surface area is 63.8 Å². The molecule has 1 heteroatoms. The lowest BCUT2D eigenvalue weighted by Crippen LogP contribution is -2.15. The van der Waals surface area contributed by atoms with Crippen molar-refractivity contribution in [1.29, 1.82) is 0 Å². The van der Waals surface area contributed by atoms with Gasteiger partial charge in [-0.3, -0.25) is 0 Å². The van der Waals surface area contributed by atoms with Crippen LogP contribution in [0.1, 0.15) is 20.8 Å². The molecule has 0 rings (SSSR count). The molecule has 10 heavy (non-hydrogen) atoms. The van der Waals surface area contributed by atoms with Gasteiger partial charge in [0.05, 0.1) is 0 Å². The molecule has 0 aromatic rings. The number of allylic oxidation sites excluding steroid dienone is 2. The quantitative estimate of drug-likeness (QED) is 0.588. The van der Waals surface area contributed by atoms with Crippen LogP contribution >= 0.6 is 0 Å². The Balaban J connectivity index is 3.62. The van der Waals surface area contributed by atoms with Gasteiger partial charge in [0.25, 0.3) is 0 Å². The van der Waals surface area contributed by atoms with E-state index < -0.39 is 0 Å². The summed E-state index contributed by atoms with van der Waals surface area (Å²) in [5.74, 6) is 0. The van der Waals surface area contributed by atoms with Crippen LogP contribution in [0, 0.1) is 0 Å². The van der Waals surface area contributed by atoms with E-state index in [4.69, 9.17) is 0 Å². The zero-order valence-corrected chi connectivity index (χ0v) is 7.15. The molecular weight excluding hydrogens is 122 g/mol. The molecule has 0 heterocycles. The SMILES string of the molecule is CC=CC(=CC)CNCC. The lowest BCUT2D eigenvalue weighted by Gasteiger charge is -2.00. The number of hydrogen-bond donors (Lipinski definition) is 1. The highest BCUT2D eigenvalue weighted by Gasteiger charge is 1.85. The summed E-state index contributed by atoms with van der Waals surface area (Å²) in [7, 11) is 0. The first-order valence-electron chi connectivity index (χ1n) is 3.83. The van der Waals surface area contributed by atoms with Crippen LogP contribution in [0.5, 0.6) is 0 Å². The summed E-state index contributed by atoms with van der Waals surface area (Å²) in [6.45, 7) is 8.23. The van der Waals surface area contributed by atoms with Gasteiger partial charge in [0.2, 0.25) is 0 Å². The Morgan fingerprint density at radius 2 is 2.10 bits per heavy atom. The Bertz CT molecular complexity index is 123. The fourth-order valence-electron chi connectivity index (χ4n) is 0.741. The number of rotatable bonds is 4. The highest BCUT2D eigenvalue weighted by molar-refractivity contribution is 5.18. The predicted octanol–water partition coefficient (Wildman–Crippen LogP) is 2.12. The summed E-state index contributed by atoms with van der Waals surface area (Å²) in [5.41, 5.74) is 1.35. The highest BCUT2D eigenvalue weighted by Crippen LogP contribution is 1.93. The average Bonchev–Trinajstić information content (AvgIpc) is 1.98. The fraction of sp³-hybridized carbons (Fsp3) is 0.556. The minimum absolute atomic E-state index is 0.983. The molecule has 0 bridgehead atoms. The molecule has 1 N–H and O–H groups in total. The number of likely N-dealkylation sites (N-methyl/N-ethyl adjacent to an activating group) is 1. The minimum atomic E-state index is 0.983. The highest BCUT2D eigenvalue weighted by atomic mass is 14.8. The standard InChI is InChI=1S/C9H17N/c1-4-7-9(5-2)8-10-6-3/h4-5,7,10H,6,8H2,1-3H3. The second-order valence-electron chi connectivity index (χ2n) is 2.14. The largest absolute Gasteiger partial charge is 0.313 e. The van der Waals surface area contributed by atoms with Crippen molar-refractivity contribution in [2.24, 2.45) is 0 Å². The molecule has 0 aromatic heterocycles. The average molecular weight is 139 g/mol. The third-order valence-corrected chi connectivity index (χ3v) is 1.33. The lowest BCUT2D eigenvalue weighted by atomic mass is 10.2. The maximum Gasteiger partial charge on any atom is 0.0201 e. The van der Waals surface area contributed by atoms with Crippen molar-refractivity contribution in [3.05, 3.63) is 23.8 Å². The van der Waals surface area contributed by atoms with E-state index in [-0.39, 0.29) is 0 Å². The first-order chi connectivity index (χ1) is 4.85. The van der Waals surface area contributed by atoms with E-state index in [2.05, 4.69) is 37.4 Å². The summed E-state index contributed by atoms with van der Waals surface area (Å²) in [5, 5.41) is 3.26. The number of nitrogens with one attached hydrogen (secondary N) is 1. The summed E-state index contributed by atoms with van der Waals surface area (Å²) in [6.07, 6.45) is 6.32. The first kappa shape index (κ1) is 9.44. The van der Waals surface area contributed by atoms with Crippen LogP contribution in [-0.4, -0.2) is 13.1 Å². The van der Waals surface area contributed by atoms with Crippen LogP contribution in [0.4, 0.5) is 0 Å². The second-order valence-corrected chi connectivity index (χ2v) is 2.14. The van der Waals surface area contributed by atoms with Crippen LogP contribution in [-0.2, 0) is 0 Å². The van der Waals surface area contributed by atoms with Crippen LogP contribution in [0.15, 0.2) is 23.8 Å². The van der Waals surface area contributed by atoms with Gasteiger partial charge in [0, 0.05) is 6.54 Å². The fourth-order valence-corrected chi connectivity index (χ4v) is 0.741. The van der Waals surface area contributed by atoms with Gasteiger partial charge >= 0.3 is 0 Å². The predicted molar refractivity (Wildman–Crippen MR) is 47.1 cm³/mol. The molecule has 0 saturated heterocycles. The summed E-state index contributed by atoms with van der Waals surface area (Å²) >= 11 is 0. The summed E-state index contributed by atoms with van der Waals surface area (Å²) < 4.78 is 0. The molecule has 0 aliphatic carbocycles. The van der Waals surface area contributed by atoms with Crippen molar-refractivity contribution in [2.45, 2.75) is 20.8 Å². The van der Waals surface area contributed by atoms with Crippen LogP contribution in [0.2, 0.25) is 0 Å². The Kier molecular flexibility index (Phi) is 6.19. The van der Waals surface area contributed by atoms with Crippen molar-refractivity contribution in [3.63, 3.8) is 0 Å². The van der Waals surface area contributed by atoms with Crippen LogP contribution in [0.3, 0.4) is 0 Å². The van der Waals surface area contributed by atoms with E-state index in [0.29, 0.717) is 0 Å². The Morgan fingerprint density at radius 3 is 2.50 bits per heavy atom. The van der Waals surface area contributed by atoms with Gasteiger partial charge in [-0.15, -0.1) is 0 Å². The molecule has 0 amide bonds. The zero-order valence-electron chi connectivity index (χ0n) is 7.15. The summed E-state index contributed by atoms with van der Waals surface area (Å²) in [6, 6.07) is 0. The third kappa shape index (κ3) is 4.33. The molecule has 0 fully saturated rings. The van der Waals surface area contributed by atoms with Crippen molar-refractivity contribution < 1.29 is 0 Å². The first-order valence-corrected chi connectivity index (χ1v) is 3.83. The van der Waals surface area contributed by atoms with Crippen molar-refractivity contribution in [3.8, 4) is 0 Å². The summed E-state index contributed by atoms with van der Waals surface area (Å²) in [4.78, 5) is 0. The molecule has 58 valence electrons. The minimum Gasteiger partial charge on any atom is -0.313 e. The van der Waals surface area contributed by atoms with Gasteiger partial charge in [-0.05, 0) is 26.0 Å². The molecular formula is C9H17N. The third-order valence-electron chi connectivity index (χ3n) is 1.33. The Morgan fingerprint density at radius 1 is 1.40 bits per heavy atom. The lowest BCUT2D eigenvalue weighted by molar-refractivity contribution is 0.784. The maximum absolute atomic E-state index is 3.26. The maximum atomic E-state index is 3.26. The second kappa shape index (κ2) is 6.56. The van der Waals surface area contributed by atoms with E-state index in [1.54, 1.807) is 0 Å². The van der Waals surface area contributed by atoms with Gasteiger partial charge in [-0.1, -0.05) is 25.2 Å². The molecule has 0 radical (unpaired) electrons. The molecule has 0 aliphatic heterocycles. The molecule has 0 spiro atoms. The van der Waals surface area contributed by atoms with Crippen LogP contribution < -0.4 is 5.32 Å². The van der Waals surface area contributed by atoms with Gasteiger partial charge in [-0.2, -0.15) is 0 Å². The van der Waals surface area contributed by atoms with E-state index >= 15 is 0 Å². The van der Waals surface area contributed by atoms with Gasteiger partial charge in [0.15, 0.2) is 0 Å². The molecule has 1 nitrogen and oxygen atoms in total. The zero-order chi connectivity index (χ0) is 7.82. The molecule has 0 unspecified atom stereocenters. The van der Waals surface area contributed by atoms with Gasteiger partial charge in [0.1, 0.15) is 0 Å². The van der Waals surface area contributed by atoms with E-state index in [1.165, 1.54) is 5.57 Å². The number of hydrogen-bond acceptors (Lipinski definition) is 1. The molecule has 0 aromatic carbocycles. The van der Waals surface area contributed by atoms with Gasteiger partial charge < -0.3 is 5.32 Å². The van der Waals surface area contributed by atoms with Crippen molar-refractivity contribution >= 4 is 0 Å². The van der Waals surface area contributed by atoms with Crippen molar-refractivity contribution in [2.75, 3.05) is 13.1 Å². The molecule has 0 saturated carbocycles. The molecule has 0 aliphatic rings. The van der Waals surface area contributed by atoms with E-state index in [0.717, 1.165) is 13.1 Å². The topological polar surface area (TPSA) is 12.0 Å². The Hall–Kier alpha value is -0.560. The van der Waals surface area contributed by atoms with E-state index in [1.807, 2.05) is 6.92 Å². The monoisotopic (exact) mass is 139 g/mol.